The Kier molecular flexibility index (Phi) is 3.28. The van der Waals surface area contributed by atoms with Crippen LogP contribution in [0.25, 0.3) is 0 Å². The monoisotopic (exact) mass is 240 g/mol. The lowest BCUT2D eigenvalue weighted by atomic mass is 10.1. The fraction of sp³-hybridized carbons (Fsp3) is 0.700. The maximum atomic E-state index is 11.8. The van der Waals surface area contributed by atoms with Crippen molar-refractivity contribution < 1.29 is 4.74 Å². The number of aryl methyl sites for hydroxylation is 1. The van der Waals surface area contributed by atoms with Gasteiger partial charge in [0.25, 0.3) is 5.56 Å². The molecule has 7 nitrogen and oxygen atoms in total. The Hall–Kier alpha value is -1.63. The standard InChI is InChI=1S/C10H16N4O3/c1-13-9(15)8(12-14(2)10(13)16)11-7-4-3-5-17-6-7/h7H,3-6H2,1-2H3,(H,11,12). The van der Waals surface area contributed by atoms with Crippen LogP contribution in [0.3, 0.4) is 0 Å². The maximum absolute atomic E-state index is 11.8. The van der Waals surface area contributed by atoms with E-state index in [4.69, 9.17) is 4.74 Å². The van der Waals surface area contributed by atoms with Crippen LogP contribution < -0.4 is 16.6 Å². The van der Waals surface area contributed by atoms with E-state index in [2.05, 4.69) is 10.4 Å². The molecular formula is C10H16N4O3. The number of nitrogens with one attached hydrogen (secondary N) is 1. The Morgan fingerprint density at radius 1 is 1.41 bits per heavy atom. The molecule has 1 aliphatic heterocycles. The van der Waals surface area contributed by atoms with E-state index in [9.17, 15) is 9.59 Å². The molecule has 1 unspecified atom stereocenters. The highest BCUT2D eigenvalue weighted by Gasteiger charge is 2.17. The fourth-order valence-corrected chi connectivity index (χ4v) is 1.84. The molecule has 1 N–H and O–H groups in total. The molecule has 0 spiro atoms. The highest BCUT2D eigenvalue weighted by molar-refractivity contribution is 5.31. The average Bonchev–Trinajstić information content (AvgIpc) is 2.35. The lowest BCUT2D eigenvalue weighted by Gasteiger charge is -2.23. The third-order valence-corrected chi connectivity index (χ3v) is 2.82. The van der Waals surface area contributed by atoms with Crippen molar-refractivity contribution in [3.8, 4) is 0 Å². The Balaban J connectivity index is 2.27. The van der Waals surface area contributed by atoms with Gasteiger partial charge in [-0.3, -0.25) is 9.36 Å². The van der Waals surface area contributed by atoms with Gasteiger partial charge in [-0.1, -0.05) is 0 Å². The zero-order valence-corrected chi connectivity index (χ0v) is 9.97. The molecule has 0 bridgehead atoms. The zero-order valence-electron chi connectivity index (χ0n) is 9.97. The molecule has 0 radical (unpaired) electrons. The second-order valence-electron chi connectivity index (χ2n) is 4.18. The second kappa shape index (κ2) is 4.70. The quantitative estimate of drug-likeness (QED) is 0.722. The van der Waals surface area contributed by atoms with Crippen molar-refractivity contribution in [2.24, 2.45) is 14.1 Å². The molecule has 7 heteroatoms. The lowest BCUT2D eigenvalue weighted by Crippen LogP contribution is -2.42. The van der Waals surface area contributed by atoms with E-state index < -0.39 is 11.2 Å². The number of hydrogen-bond acceptors (Lipinski definition) is 5. The zero-order chi connectivity index (χ0) is 12.4. The van der Waals surface area contributed by atoms with Gasteiger partial charge in [-0.15, -0.1) is 5.10 Å². The molecule has 17 heavy (non-hydrogen) atoms. The number of aromatic nitrogens is 3. The summed E-state index contributed by atoms with van der Waals surface area (Å²) in [6.45, 7) is 1.32. The van der Waals surface area contributed by atoms with Crippen molar-refractivity contribution in [1.29, 1.82) is 0 Å². The molecule has 2 heterocycles. The minimum Gasteiger partial charge on any atom is -0.379 e. The molecule has 0 aromatic carbocycles. The summed E-state index contributed by atoms with van der Waals surface area (Å²) in [7, 11) is 2.96. The van der Waals surface area contributed by atoms with E-state index in [1.54, 1.807) is 0 Å². The number of nitrogens with zero attached hydrogens (tertiary/aromatic N) is 3. The van der Waals surface area contributed by atoms with Crippen LogP contribution in [-0.2, 0) is 18.8 Å². The van der Waals surface area contributed by atoms with Crippen molar-refractivity contribution in [3.63, 3.8) is 0 Å². The van der Waals surface area contributed by atoms with Gasteiger partial charge >= 0.3 is 5.69 Å². The van der Waals surface area contributed by atoms with Gasteiger partial charge < -0.3 is 10.1 Å². The van der Waals surface area contributed by atoms with Crippen LogP contribution in [0.1, 0.15) is 12.8 Å². The number of anilines is 1. The van der Waals surface area contributed by atoms with Gasteiger partial charge in [0.2, 0.25) is 5.82 Å². The van der Waals surface area contributed by atoms with E-state index in [-0.39, 0.29) is 11.9 Å². The summed E-state index contributed by atoms with van der Waals surface area (Å²) < 4.78 is 7.50. The van der Waals surface area contributed by atoms with Gasteiger partial charge in [0, 0.05) is 20.7 Å². The number of ether oxygens (including phenoxy) is 1. The van der Waals surface area contributed by atoms with Crippen molar-refractivity contribution in [2.45, 2.75) is 18.9 Å². The molecule has 94 valence electrons. The molecule has 1 aromatic rings. The largest absolute Gasteiger partial charge is 0.379 e. The summed E-state index contributed by atoms with van der Waals surface area (Å²) in [6.07, 6.45) is 1.90. The van der Waals surface area contributed by atoms with Crippen LogP contribution in [0.15, 0.2) is 9.59 Å². The van der Waals surface area contributed by atoms with E-state index >= 15 is 0 Å². The van der Waals surface area contributed by atoms with E-state index in [1.807, 2.05) is 0 Å². The van der Waals surface area contributed by atoms with E-state index in [0.717, 1.165) is 28.7 Å². The van der Waals surface area contributed by atoms with Crippen LogP contribution >= 0.6 is 0 Å². The van der Waals surface area contributed by atoms with Gasteiger partial charge in [0.05, 0.1) is 12.6 Å². The first-order valence-electron chi connectivity index (χ1n) is 5.58. The van der Waals surface area contributed by atoms with Gasteiger partial charge in [-0.25, -0.2) is 9.48 Å². The Morgan fingerprint density at radius 2 is 2.18 bits per heavy atom. The summed E-state index contributed by atoms with van der Waals surface area (Å²) >= 11 is 0. The molecule has 1 atom stereocenters. The highest BCUT2D eigenvalue weighted by Crippen LogP contribution is 2.09. The second-order valence-corrected chi connectivity index (χ2v) is 4.18. The highest BCUT2D eigenvalue weighted by atomic mass is 16.5. The molecule has 0 saturated carbocycles. The molecule has 2 rings (SSSR count). The van der Waals surface area contributed by atoms with Gasteiger partial charge in [0.15, 0.2) is 0 Å². The summed E-state index contributed by atoms with van der Waals surface area (Å²) in [5.41, 5.74) is -0.834. The maximum Gasteiger partial charge on any atom is 0.346 e. The minimum atomic E-state index is -0.430. The Labute approximate surface area is 98.0 Å². The Morgan fingerprint density at radius 3 is 2.82 bits per heavy atom. The number of hydrogen-bond donors (Lipinski definition) is 1. The van der Waals surface area contributed by atoms with Crippen molar-refractivity contribution in [1.82, 2.24) is 14.3 Å². The third kappa shape index (κ3) is 2.38. The predicted octanol–water partition coefficient (Wildman–Crippen LogP) is -0.930. The average molecular weight is 240 g/mol. The predicted molar refractivity (Wildman–Crippen MR) is 62.2 cm³/mol. The summed E-state index contributed by atoms with van der Waals surface area (Å²) in [6, 6.07) is 0.0847. The van der Waals surface area contributed by atoms with Crippen molar-refractivity contribution in [3.05, 3.63) is 20.8 Å². The van der Waals surface area contributed by atoms with Crippen LogP contribution in [-0.4, -0.2) is 33.6 Å². The first kappa shape index (κ1) is 11.8. The fourth-order valence-electron chi connectivity index (χ4n) is 1.84. The third-order valence-electron chi connectivity index (χ3n) is 2.82. The summed E-state index contributed by atoms with van der Waals surface area (Å²) in [5.74, 6) is 0.199. The van der Waals surface area contributed by atoms with Gasteiger partial charge in [-0.2, -0.15) is 0 Å². The molecule has 0 amide bonds. The van der Waals surface area contributed by atoms with Gasteiger partial charge in [-0.05, 0) is 12.8 Å². The van der Waals surface area contributed by atoms with Crippen molar-refractivity contribution in [2.75, 3.05) is 18.5 Å². The van der Waals surface area contributed by atoms with E-state index in [1.165, 1.54) is 14.1 Å². The summed E-state index contributed by atoms with van der Waals surface area (Å²) in [5, 5.41) is 6.96. The van der Waals surface area contributed by atoms with Crippen LogP contribution in [0.4, 0.5) is 5.82 Å². The minimum absolute atomic E-state index is 0.0847. The lowest BCUT2D eigenvalue weighted by molar-refractivity contribution is 0.0874. The van der Waals surface area contributed by atoms with Crippen LogP contribution in [0.2, 0.25) is 0 Å². The topological polar surface area (TPSA) is 78.2 Å². The SMILES string of the molecule is Cn1nc(NC2CCCOC2)c(=O)n(C)c1=O. The van der Waals surface area contributed by atoms with Crippen molar-refractivity contribution >= 4 is 5.82 Å². The van der Waals surface area contributed by atoms with E-state index in [0.29, 0.717) is 6.61 Å². The molecule has 1 fully saturated rings. The molecule has 0 aliphatic carbocycles. The molecule has 1 aromatic heterocycles. The first-order chi connectivity index (χ1) is 8.09. The van der Waals surface area contributed by atoms with Crippen LogP contribution in [0.5, 0.6) is 0 Å². The molecule has 1 aliphatic rings. The summed E-state index contributed by atoms with van der Waals surface area (Å²) in [4.78, 5) is 23.2. The Bertz CT molecular complexity index is 513. The molecular weight excluding hydrogens is 224 g/mol. The smallest absolute Gasteiger partial charge is 0.346 e. The normalized spacial score (nSPS) is 20.2. The molecule has 1 saturated heterocycles. The van der Waals surface area contributed by atoms with Gasteiger partial charge in [0.1, 0.15) is 0 Å². The number of rotatable bonds is 2. The first-order valence-corrected chi connectivity index (χ1v) is 5.58. The van der Waals surface area contributed by atoms with Crippen LogP contribution in [0, 0.1) is 0 Å².